The van der Waals surface area contributed by atoms with Gasteiger partial charge in [0.1, 0.15) is 43.7 Å². The number of nitrogens with one attached hydrogen (secondary N) is 7. The average Bonchev–Trinajstić information content (AvgIpc) is 0.793. The standard InChI is InChI=1S/C91H145N7O42/c1-56(99)126-50-68-79(129-59(4)102)82(132-62(7)105)85(135-65(10)108)88(138-68)123-44-24-21-30-71(111)92-38-27-41-95-74(114)35-47-120-53-91(98-77(117)33-19-17-15-13-14-16-18-20-34-78(118)119,54-121-48-36-75(115)96-42-28-39-93-72(112)31-22-25-45-124-89-86(136-66(11)109)83(133-63(8)106)80(130-60(5)103)69(139-89)51-127-57(2)100)55-122-49-37-76(116)97-43-29-40-94-73(113)32-23-26-46-125-90-87(137-67(12)110)84(134-64(9)107)81(131-61(6)104)70(140-90)52-128-58(3)101/h68-70,79-90H,13-55H2,1-12H3,(H,92,111)(H,93,112)(H,94,113)(H,95,114)(H,96,115)(H,97,116)(H,98,117)(H,118,119)/t68?,69?,70?,79-,80-,81-,82?,83?,84?,85?,86?,87?,88-,89-,90-,91?/m1/s1. The van der Waals surface area contributed by atoms with E-state index in [0.29, 0.717) is 57.8 Å². The van der Waals surface area contributed by atoms with Crippen molar-refractivity contribution in [1.29, 1.82) is 0 Å². The van der Waals surface area contributed by atoms with Crippen LogP contribution in [0, 0.1) is 0 Å². The number of amides is 7. The molecular formula is C91H145N7O42. The van der Waals surface area contributed by atoms with Crippen LogP contribution in [0.1, 0.15) is 244 Å². The van der Waals surface area contributed by atoms with Crippen LogP contribution in [0.15, 0.2) is 0 Å². The second-order valence-corrected chi connectivity index (χ2v) is 33.3. The van der Waals surface area contributed by atoms with Crippen molar-refractivity contribution in [2.75, 3.05) is 119 Å². The summed E-state index contributed by atoms with van der Waals surface area (Å²) in [7, 11) is 0. The van der Waals surface area contributed by atoms with Crippen molar-refractivity contribution in [2.45, 2.75) is 341 Å². The summed E-state index contributed by atoms with van der Waals surface area (Å²) in [5.74, 6) is -12.9. The Morgan fingerprint density at radius 1 is 0.236 bits per heavy atom. The molecule has 3 aliphatic rings. The Bertz CT molecular complexity index is 3570. The van der Waals surface area contributed by atoms with Crippen molar-refractivity contribution in [3.05, 3.63) is 0 Å². The van der Waals surface area contributed by atoms with E-state index in [0.717, 1.165) is 115 Å². The van der Waals surface area contributed by atoms with Gasteiger partial charge in [0, 0.05) is 194 Å². The van der Waals surface area contributed by atoms with E-state index in [1.807, 2.05) is 0 Å². The summed E-state index contributed by atoms with van der Waals surface area (Å²) in [5, 5.41) is 28.7. The first-order valence-electron chi connectivity index (χ1n) is 47.2. The van der Waals surface area contributed by atoms with E-state index < -0.39 is 219 Å². The van der Waals surface area contributed by atoms with Crippen molar-refractivity contribution in [1.82, 2.24) is 37.2 Å². The molecule has 0 aliphatic carbocycles. The summed E-state index contributed by atoms with van der Waals surface area (Å²) in [6.07, 6.45) is -12.1. The molecule has 0 radical (unpaired) electrons. The Hall–Kier alpha value is -11.0. The Morgan fingerprint density at radius 3 is 0.693 bits per heavy atom. The number of unbranched alkanes of at least 4 members (excludes halogenated alkanes) is 10. The largest absolute Gasteiger partial charge is 0.481 e. The van der Waals surface area contributed by atoms with Gasteiger partial charge in [0.05, 0.1) is 39.6 Å². The maximum Gasteiger partial charge on any atom is 0.303 e. The minimum absolute atomic E-state index is 0.0496. The first kappa shape index (κ1) is 123. The average molecular weight is 2010 g/mol. The fourth-order valence-electron chi connectivity index (χ4n) is 14.4. The second kappa shape index (κ2) is 70.6. The van der Waals surface area contributed by atoms with Gasteiger partial charge in [-0.05, 0) is 70.6 Å². The fourth-order valence-corrected chi connectivity index (χ4v) is 14.4. The van der Waals surface area contributed by atoms with Gasteiger partial charge in [-0.15, -0.1) is 0 Å². The predicted molar refractivity (Wildman–Crippen MR) is 478 cm³/mol. The number of carboxylic acid groups (broad SMARTS) is 1. The molecule has 49 nitrogen and oxygen atoms in total. The molecular weight excluding hydrogens is 1860 g/mol. The molecule has 3 rings (SSSR count). The SMILES string of the molecule is CC(=O)OCC1O[C@@H](OCCCCC(=O)NCCCNC(=O)CCOCC(COCCC(=O)NCCCNC(=O)CCCCO[C@@H]2OC(COC(C)=O)[C@@H](OC(C)=O)C(OC(C)=O)C2OC(C)=O)(COCCC(=O)NCCCNC(=O)CCCCO[C@@H]2OC(COC(C)=O)[C@@H](OC(C)=O)C(OC(C)=O)C2OC(C)=O)NC(=O)CCCCCCCCCCC(=O)O)C(OC(C)=O)C(OC(C)=O)[C@@H]1OC(C)=O. The van der Waals surface area contributed by atoms with Crippen LogP contribution in [0.25, 0.3) is 0 Å². The molecule has 8 N–H and O–H groups in total. The summed E-state index contributed by atoms with van der Waals surface area (Å²) in [6.45, 7) is 11.2. The predicted octanol–water partition coefficient (Wildman–Crippen LogP) is 1.72. The molecule has 3 fully saturated rings. The van der Waals surface area contributed by atoms with Gasteiger partial charge >= 0.3 is 77.6 Å². The number of aliphatic carboxylic acids is 1. The van der Waals surface area contributed by atoms with Crippen LogP contribution in [0.3, 0.4) is 0 Å². The first-order chi connectivity index (χ1) is 66.6. The van der Waals surface area contributed by atoms with Crippen molar-refractivity contribution in [3.63, 3.8) is 0 Å². The molecule has 3 heterocycles. The van der Waals surface area contributed by atoms with Crippen LogP contribution < -0.4 is 37.2 Å². The van der Waals surface area contributed by atoms with Gasteiger partial charge < -0.3 is 142 Å². The van der Waals surface area contributed by atoms with Crippen LogP contribution in [0.2, 0.25) is 0 Å². The molecule has 140 heavy (non-hydrogen) atoms. The zero-order valence-corrected chi connectivity index (χ0v) is 82.3. The highest BCUT2D eigenvalue weighted by atomic mass is 16.8. The molecule has 3 aliphatic heterocycles. The van der Waals surface area contributed by atoms with E-state index in [4.69, 9.17) is 105 Å². The zero-order valence-electron chi connectivity index (χ0n) is 82.3. The van der Waals surface area contributed by atoms with E-state index >= 15 is 0 Å². The molecule has 0 aromatic rings. The third kappa shape index (κ3) is 55.9. The van der Waals surface area contributed by atoms with Gasteiger partial charge in [0.2, 0.25) is 41.4 Å². The number of hydrogen-bond acceptors (Lipinski definition) is 41. The fraction of sp³-hybridized carbons (Fsp3) is 0.780. The molecule has 15 atom stereocenters. The Labute approximate surface area is 813 Å². The van der Waals surface area contributed by atoms with E-state index in [9.17, 15) is 95.9 Å². The third-order valence-corrected chi connectivity index (χ3v) is 20.6. The highest BCUT2D eigenvalue weighted by Crippen LogP contribution is 2.34. The summed E-state index contributed by atoms with van der Waals surface area (Å²) in [4.78, 5) is 249. The molecule has 0 aromatic carbocycles. The van der Waals surface area contributed by atoms with Gasteiger partial charge in [-0.1, -0.05) is 38.5 Å². The normalized spacial score (nSPS) is 21.2. The number of carbonyl (C=O) groups is 20. The molecule has 3 saturated heterocycles. The number of esters is 12. The number of ether oxygens (including phenoxy) is 21. The lowest BCUT2D eigenvalue weighted by molar-refractivity contribution is -0.308. The molecule has 796 valence electrons. The number of hydrogen-bond donors (Lipinski definition) is 8. The smallest absolute Gasteiger partial charge is 0.303 e. The highest BCUT2D eigenvalue weighted by Gasteiger charge is 2.56. The minimum atomic E-state index is -1.49. The molecule has 7 amide bonds. The second-order valence-electron chi connectivity index (χ2n) is 33.3. The van der Waals surface area contributed by atoms with Crippen molar-refractivity contribution < 1.29 is 200 Å². The van der Waals surface area contributed by atoms with Gasteiger partial charge in [-0.3, -0.25) is 95.9 Å². The van der Waals surface area contributed by atoms with Gasteiger partial charge in [-0.2, -0.15) is 0 Å². The van der Waals surface area contributed by atoms with Gasteiger partial charge in [0.15, 0.2) is 73.8 Å². The molecule has 0 saturated carbocycles. The lowest BCUT2D eigenvalue weighted by Gasteiger charge is -2.44. The zero-order chi connectivity index (χ0) is 104. The monoisotopic (exact) mass is 2010 g/mol. The topological polar surface area (TPSA) is 640 Å². The van der Waals surface area contributed by atoms with Gasteiger partial charge in [-0.25, -0.2) is 0 Å². The quantitative estimate of drug-likeness (QED) is 0.0244. The Kier molecular flexibility index (Phi) is 62.2. The Balaban J connectivity index is 1.67. The first-order valence-corrected chi connectivity index (χ1v) is 47.2. The summed E-state index contributed by atoms with van der Waals surface area (Å²) in [5.41, 5.74) is -1.49. The van der Waals surface area contributed by atoms with Crippen LogP contribution in [-0.2, 0) is 195 Å². The van der Waals surface area contributed by atoms with Crippen LogP contribution in [-0.4, -0.2) is 340 Å². The van der Waals surface area contributed by atoms with Crippen molar-refractivity contribution in [3.8, 4) is 0 Å². The highest BCUT2D eigenvalue weighted by molar-refractivity contribution is 5.80. The molecule has 0 aromatic heterocycles. The third-order valence-electron chi connectivity index (χ3n) is 20.6. The summed E-state index contributed by atoms with van der Waals surface area (Å²) < 4.78 is 118. The molecule has 9 unspecified atom stereocenters. The van der Waals surface area contributed by atoms with E-state index in [1.54, 1.807) is 0 Å². The number of rotatable bonds is 72. The molecule has 49 heteroatoms. The van der Waals surface area contributed by atoms with E-state index in [-0.39, 0.29) is 187 Å². The van der Waals surface area contributed by atoms with Crippen LogP contribution in [0.5, 0.6) is 0 Å². The summed E-state index contributed by atoms with van der Waals surface area (Å²) >= 11 is 0. The lowest BCUT2D eigenvalue weighted by Crippen LogP contribution is -2.63. The number of carboxylic acids is 1. The van der Waals surface area contributed by atoms with Crippen LogP contribution >= 0.6 is 0 Å². The van der Waals surface area contributed by atoms with Gasteiger partial charge in [0.25, 0.3) is 0 Å². The van der Waals surface area contributed by atoms with Crippen molar-refractivity contribution >= 4 is 119 Å². The minimum Gasteiger partial charge on any atom is -0.481 e. The van der Waals surface area contributed by atoms with E-state index in [2.05, 4.69) is 37.2 Å². The molecule has 0 spiro atoms. The number of carbonyl (C=O) groups excluding carboxylic acids is 19. The summed E-state index contributed by atoms with van der Waals surface area (Å²) in [6, 6.07) is 0. The van der Waals surface area contributed by atoms with E-state index in [1.165, 1.54) is 0 Å². The van der Waals surface area contributed by atoms with Crippen molar-refractivity contribution in [2.24, 2.45) is 0 Å². The molecule has 0 bridgehead atoms. The lowest BCUT2D eigenvalue weighted by atomic mass is 9.98. The van der Waals surface area contributed by atoms with Crippen LogP contribution in [0.4, 0.5) is 0 Å². The maximum absolute atomic E-state index is 14.1. The Morgan fingerprint density at radius 2 is 0.450 bits per heavy atom. The maximum atomic E-state index is 14.1.